The maximum atomic E-state index is 13.1. The van der Waals surface area contributed by atoms with Gasteiger partial charge in [-0.05, 0) is 29.8 Å². The number of hydrogen-bond acceptors (Lipinski definition) is 2. The van der Waals surface area contributed by atoms with Gasteiger partial charge in [0.25, 0.3) is 0 Å². The third-order valence-corrected chi connectivity index (χ3v) is 2.65. The van der Waals surface area contributed by atoms with Gasteiger partial charge in [-0.15, -0.1) is 0 Å². The molecule has 0 amide bonds. The predicted molar refractivity (Wildman–Crippen MR) is 62.4 cm³/mol. The van der Waals surface area contributed by atoms with Crippen molar-refractivity contribution < 1.29 is 14.3 Å². The van der Waals surface area contributed by atoms with Crippen molar-refractivity contribution in [3.8, 4) is 0 Å². The van der Waals surface area contributed by atoms with E-state index in [1.54, 1.807) is 6.07 Å². The molecule has 0 spiro atoms. The van der Waals surface area contributed by atoms with Crippen LogP contribution in [-0.2, 0) is 6.54 Å². The maximum Gasteiger partial charge on any atom is 0.354 e. The molecule has 4 nitrogen and oxygen atoms in total. The first-order valence-corrected chi connectivity index (χ1v) is 5.55. The Labute approximate surface area is 105 Å². The molecule has 0 fully saturated rings. The molecule has 2 aromatic rings. The van der Waals surface area contributed by atoms with E-state index in [1.807, 2.05) is 0 Å². The SMILES string of the molecule is O=C(O)c1ccnn1Cc1cc(F)cc(Br)c1. The van der Waals surface area contributed by atoms with Gasteiger partial charge in [-0.3, -0.25) is 4.68 Å². The smallest absolute Gasteiger partial charge is 0.354 e. The summed E-state index contributed by atoms with van der Waals surface area (Å²) in [5, 5.41) is 12.8. The third-order valence-electron chi connectivity index (χ3n) is 2.19. The van der Waals surface area contributed by atoms with Crippen molar-refractivity contribution in [2.75, 3.05) is 0 Å². The van der Waals surface area contributed by atoms with Gasteiger partial charge in [-0.1, -0.05) is 15.9 Å². The number of halogens is 2. The van der Waals surface area contributed by atoms with Crippen LogP contribution in [0.2, 0.25) is 0 Å². The fourth-order valence-electron chi connectivity index (χ4n) is 1.52. The third kappa shape index (κ3) is 2.71. The summed E-state index contributed by atoms with van der Waals surface area (Å²) in [5.41, 5.74) is 0.716. The van der Waals surface area contributed by atoms with Gasteiger partial charge in [-0.25, -0.2) is 9.18 Å². The molecule has 0 bridgehead atoms. The van der Waals surface area contributed by atoms with Gasteiger partial charge in [-0.2, -0.15) is 5.10 Å². The second-order valence-electron chi connectivity index (χ2n) is 3.46. The Balaban J connectivity index is 2.31. The van der Waals surface area contributed by atoms with E-state index >= 15 is 0 Å². The minimum Gasteiger partial charge on any atom is -0.477 e. The average molecular weight is 299 g/mol. The first-order chi connectivity index (χ1) is 8.06. The summed E-state index contributed by atoms with van der Waals surface area (Å²) in [4.78, 5) is 10.9. The lowest BCUT2D eigenvalue weighted by atomic mass is 10.2. The summed E-state index contributed by atoms with van der Waals surface area (Å²) in [6.07, 6.45) is 1.40. The highest BCUT2D eigenvalue weighted by molar-refractivity contribution is 9.10. The highest BCUT2D eigenvalue weighted by atomic mass is 79.9. The molecule has 0 aliphatic heterocycles. The van der Waals surface area contributed by atoms with Crippen molar-refractivity contribution in [2.24, 2.45) is 0 Å². The van der Waals surface area contributed by atoms with Crippen LogP contribution >= 0.6 is 15.9 Å². The van der Waals surface area contributed by atoms with E-state index in [-0.39, 0.29) is 18.1 Å². The number of carboxylic acid groups (broad SMARTS) is 1. The number of aromatic nitrogens is 2. The summed E-state index contributed by atoms with van der Waals surface area (Å²) < 4.78 is 15.1. The van der Waals surface area contributed by atoms with Crippen molar-refractivity contribution >= 4 is 21.9 Å². The van der Waals surface area contributed by atoms with Crippen LogP contribution in [0.25, 0.3) is 0 Å². The van der Waals surface area contributed by atoms with Gasteiger partial charge in [0.1, 0.15) is 11.5 Å². The number of carboxylic acids is 1. The van der Waals surface area contributed by atoms with E-state index in [1.165, 1.54) is 29.1 Å². The Morgan fingerprint density at radius 2 is 2.24 bits per heavy atom. The van der Waals surface area contributed by atoms with Crippen molar-refractivity contribution in [3.63, 3.8) is 0 Å². The second kappa shape index (κ2) is 4.67. The first-order valence-electron chi connectivity index (χ1n) is 4.76. The minimum atomic E-state index is -1.06. The number of benzene rings is 1. The lowest BCUT2D eigenvalue weighted by Crippen LogP contribution is -2.10. The van der Waals surface area contributed by atoms with Crippen LogP contribution in [0.5, 0.6) is 0 Å². The van der Waals surface area contributed by atoms with Gasteiger partial charge in [0.15, 0.2) is 0 Å². The number of aromatic carboxylic acids is 1. The number of rotatable bonds is 3. The zero-order chi connectivity index (χ0) is 12.4. The molecule has 0 aliphatic carbocycles. The molecule has 88 valence electrons. The van der Waals surface area contributed by atoms with E-state index in [2.05, 4.69) is 21.0 Å². The zero-order valence-electron chi connectivity index (χ0n) is 8.60. The number of carbonyl (C=O) groups is 1. The van der Waals surface area contributed by atoms with Gasteiger partial charge in [0.05, 0.1) is 6.54 Å². The molecule has 17 heavy (non-hydrogen) atoms. The topological polar surface area (TPSA) is 55.1 Å². The summed E-state index contributed by atoms with van der Waals surface area (Å²) in [6, 6.07) is 5.80. The summed E-state index contributed by atoms with van der Waals surface area (Å²) in [6.45, 7) is 0.213. The van der Waals surface area contributed by atoms with Crippen LogP contribution in [0.15, 0.2) is 34.9 Å². The van der Waals surface area contributed by atoms with Gasteiger partial charge < -0.3 is 5.11 Å². The number of nitrogens with zero attached hydrogens (tertiary/aromatic N) is 2. The highest BCUT2D eigenvalue weighted by Crippen LogP contribution is 2.16. The van der Waals surface area contributed by atoms with Crippen LogP contribution in [0, 0.1) is 5.82 Å². The van der Waals surface area contributed by atoms with Crippen LogP contribution < -0.4 is 0 Å². The van der Waals surface area contributed by atoms with Crippen LogP contribution in [0.4, 0.5) is 4.39 Å². The second-order valence-corrected chi connectivity index (χ2v) is 4.37. The van der Waals surface area contributed by atoms with Crippen molar-refractivity contribution in [2.45, 2.75) is 6.54 Å². The van der Waals surface area contributed by atoms with Crippen molar-refractivity contribution in [1.82, 2.24) is 9.78 Å². The Morgan fingerprint density at radius 3 is 2.88 bits per heavy atom. The average Bonchev–Trinajstić information content (AvgIpc) is 2.63. The van der Waals surface area contributed by atoms with Crippen molar-refractivity contribution in [3.05, 3.63) is 52.0 Å². The molecular formula is C11H8BrFN2O2. The molecule has 0 radical (unpaired) electrons. The minimum absolute atomic E-state index is 0.0744. The maximum absolute atomic E-state index is 13.1. The molecule has 0 aliphatic rings. The Morgan fingerprint density at radius 1 is 1.47 bits per heavy atom. The van der Waals surface area contributed by atoms with Gasteiger partial charge in [0.2, 0.25) is 0 Å². The van der Waals surface area contributed by atoms with Crippen LogP contribution in [-0.4, -0.2) is 20.9 Å². The predicted octanol–water partition coefficient (Wildman–Crippen LogP) is 2.53. The van der Waals surface area contributed by atoms with E-state index < -0.39 is 5.97 Å². The van der Waals surface area contributed by atoms with Crippen molar-refractivity contribution in [1.29, 1.82) is 0 Å². The molecule has 6 heteroatoms. The van der Waals surface area contributed by atoms with Gasteiger partial charge >= 0.3 is 5.97 Å². The van der Waals surface area contributed by atoms with E-state index in [9.17, 15) is 9.18 Å². The molecule has 0 saturated heterocycles. The monoisotopic (exact) mass is 298 g/mol. The molecule has 1 aromatic carbocycles. The van der Waals surface area contributed by atoms with Crippen LogP contribution in [0.1, 0.15) is 16.1 Å². The largest absolute Gasteiger partial charge is 0.477 e. The Hall–Kier alpha value is -1.69. The Bertz CT molecular complexity index is 548. The first kappa shape index (κ1) is 11.8. The van der Waals surface area contributed by atoms with E-state index in [0.717, 1.165) is 0 Å². The lowest BCUT2D eigenvalue weighted by Gasteiger charge is -2.05. The zero-order valence-corrected chi connectivity index (χ0v) is 10.2. The molecule has 0 unspecified atom stereocenters. The van der Waals surface area contributed by atoms with Gasteiger partial charge in [0, 0.05) is 10.7 Å². The number of hydrogen-bond donors (Lipinski definition) is 1. The molecule has 1 aromatic heterocycles. The summed E-state index contributed by atoms with van der Waals surface area (Å²) in [5.74, 6) is -1.43. The fourth-order valence-corrected chi connectivity index (χ4v) is 2.03. The molecule has 1 N–H and O–H groups in total. The fraction of sp³-hybridized carbons (Fsp3) is 0.0909. The molecular weight excluding hydrogens is 291 g/mol. The van der Waals surface area contributed by atoms with E-state index in [4.69, 9.17) is 5.11 Å². The normalized spacial score (nSPS) is 10.5. The molecule has 2 rings (SSSR count). The summed E-state index contributed by atoms with van der Waals surface area (Å²) >= 11 is 3.18. The van der Waals surface area contributed by atoms with E-state index in [0.29, 0.717) is 10.0 Å². The molecule has 1 heterocycles. The Kier molecular flexibility index (Phi) is 3.23. The van der Waals surface area contributed by atoms with Crippen LogP contribution in [0.3, 0.4) is 0 Å². The lowest BCUT2D eigenvalue weighted by molar-refractivity contribution is 0.0684. The molecule has 0 saturated carbocycles. The molecule has 0 atom stereocenters. The highest BCUT2D eigenvalue weighted by Gasteiger charge is 2.10. The quantitative estimate of drug-likeness (QED) is 0.947. The summed E-state index contributed by atoms with van der Waals surface area (Å²) in [7, 11) is 0. The standard InChI is InChI=1S/C11H8BrFN2O2/c12-8-3-7(4-9(13)5-8)6-15-10(11(16)17)1-2-14-15/h1-5H,6H2,(H,16,17).